The molecule has 0 N–H and O–H groups in total. The van der Waals surface area contributed by atoms with E-state index >= 15 is 0 Å². The fourth-order valence-corrected chi connectivity index (χ4v) is 3.53. The zero-order valence-corrected chi connectivity index (χ0v) is 13.4. The summed E-state index contributed by atoms with van der Waals surface area (Å²) in [5, 5.41) is 9.20. The molecule has 0 bridgehead atoms. The van der Waals surface area contributed by atoms with Gasteiger partial charge in [-0.25, -0.2) is 0 Å². The van der Waals surface area contributed by atoms with Crippen LogP contribution in [-0.4, -0.2) is 7.11 Å². The van der Waals surface area contributed by atoms with Gasteiger partial charge in [-0.3, -0.25) is 0 Å². The van der Waals surface area contributed by atoms with E-state index in [0.29, 0.717) is 17.2 Å². The van der Waals surface area contributed by atoms with Gasteiger partial charge in [0, 0.05) is 0 Å². The van der Waals surface area contributed by atoms with Crippen LogP contribution in [0.1, 0.15) is 75.3 Å². The normalized spacial score (nSPS) is 21.8. The van der Waals surface area contributed by atoms with Crippen molar-refractivity contribution in [3.63, 3.8) is 0 Å². The summed E-state index contributed by atoms with van der Waals surface area (Å²) >= 11 is 0. The molecule has 1 aliphatic carbocycles. The van der Waals surface area contributed by atoms with E-state index in [-0.39, 0.29) is 0 Å². The summed E-state index contributed by atoms with van der Waals surface area (Å²) in [4.78, 5) is 0. The van der Waals surface area contributed by atoms with Crippen LogP contribution < -0.4 is 4.74 Å². The number of rotatable bonds is 6. The molecule has 0 atom stereocenters. The highest BCUT2D eigenvalue weighted by Crippen LogP contribution is 2.38. The second-order valence-corrected chi connectivity index (χ2v) is 6.28. The lowest BCUT2D eigenvalue weighted by molar-refractivity contribution is 0.302. The Morgan fingerprint density at radius 2 is 1.95 bits per heavy atom. The first-order chi connectivity index (χ1) is 10.3. The third-order valence-electron chi connectivity index (χ3n) is 4.88. The predicted octanol–water partition coefficient (Wildman–Crippen LogP) is 5.42. The van der Waals surface area contributed by atoms with Crippen LogP contribution in [0, 0.1) is 17.2 Å². The van der Waals surface area contributed by atoms with Gasteiger partial charge in [0.2, 0.25) is 0 Å². The molecule has 1 aliphatic rings. The minimum Gasteiger partial charge on any atom is -0.495 e. The Bertz CT molecular complexity index is 481. The molecule has 114 valence electrons. The Labute approximate surface area is 129 Å². The maximum absolute atomic E-state index is 9.20. The molecule has 0 aliphatic heterocycles. The number of nitriles is 1. The molecule has 1 aromatic rings. The summed E-state index contributed by atoms with van der Waals surface area (Å²) in [5.41, 5.74) is 1.99. The first-order valence-electron chi connectivity index (χ1n) is 8.36. The third-order valence-corrected chi connectivity index (χ3v) is 4.88. The van der Waals surface area contributed by atoms with E-state index in [9.17, 15) is 5.26 Å². The van der Waals surface area contributed by atoms with Crippen LogP contribution in [0.4, 0.5) is 0 Å². The van der Waals surface area contributed by atoms with Gasteiger partial charge in [0.1, 0.15) is 11.8 Å². The first kappa shape index (κ1) is 15.9. The predicted molar refractivity (Wildman–Crippen MR) is 86.6 cm³/mol. The summed E-state index contributed by atoms with van der Waals surface area (Å²) < 4.78 is 5.23. The van der Waals surface area contributed by atoms with E-state index in [1.54, 1.807) is 7.11 Å². The van der Waals surface area contributed by atoms with Gasteiger partial charge in [0.25, 0.3) is 0 Å². The third kappa shape index (κ3) is 4.24. The largest absolute Gasteiger partial charge is 0.495 e. The average Bonchev–Trinajstić information content (AvgIpc) is 2.55. The Morgan fingerprint density at radius 1 is 1.19 bits per heavy atom. The van der Waals surface area contributed by atoms with Crippen molar-refractivity contribution in [3.8, 4) is 11.8 Å². The molecule has 0 unspecified atom stereocenters. The molecule has 2 heteroatoms. The highest BCUT2D eigenvalue weighted by molar-refractivity contribution is 5.46. The van der Waals surface area contributed by atoms with Gasteiger partial charge in [-0.05, 0) is 55.2 Å². The Hall–Kier alpha value is -1.49. The Balaban J connectivity index is 1.92. The highest BCUT2D eigenvalue weighted by atomic mass is 16.5. The van der Waals surface area contributed by atoms with Crippen molar-refractivity contribution in [1.82, 2.24) is 0 Å². The average molecular weight is 285 g/mol. The summed E-state index contributed by atoms with van der Waals surface area (Å²) in [6, 6.07) is 8.36. The van der Waals surface area contributed by atoms with Crippen molar-refractivity contribution in [1.29, 1.82) is 5.26 Å². The second kappa shape index (κ2) is 8.08. The van der Waals surface area contributed by atoms with E-state index in [2.05, 4.69) is 19.1 Å². The van der Waals surface area contributed by atoms with Crippen molar-refractivity contribution >= 4 is 0 Å². The van der Waals surface area contributed by atoms with Gasteiger partial charge < -0.3 is 4.74 Å². The molecule has 1 fully saturated rings. The first-order valence-corrected chi connectivity index (χ1v) is 8.36. The number of methoxy groups -OCH3 is 1. The van der Waals surface area contributed by atoms with Crippen LogP contribution >= 0.6 is 0 Å². The van der Waals surface area contributed by atoms with Gasteiger partial charge in [0.05, 0.1) is 12.7 Å². The van der Waals surface area contributed by atoms with Gasteiger partial charge in [-0.2, -0.15) is 5.26 Å². The minimum absolute atomic E-state index is 0.630. The number of benzene rings is 1. The molecule has 0 amide bonds. The van der Waals surface area contributed by atoms with Gasteiger partial charge in [0.15, 0.2) is 0 Å². The van der Waals surface area contributed by atoms with Gasteiger partial charge in [-0.1, -0.05) is 38.7 Å². The second-order valence-electron chi connectivity index (χ2n) is 6.28. The molecule has 2 nitrogen and oxygen atoms in total. The number of unbranched alkanes of at least 4 members (excludes halogenated alkanes) is 2. The molecule has 0 spiro atoms. The Morgan fingerprint density at radius 3 is 2.57 bits per heavy atom. The van der Waals surface area contributed by atoms with Crippen molar-refractivity contribution in [3.05, 3.63) is 29.3 Å². The topological polar surface area (TPSA) is 33.0 Å². The van der Waals surface area contributed by atoms with Crippen LogP contribution in [0.2, 0.25) is 0 Å². The van der Waals surface area contributed by atoms with Crippen LogP contribution in [0.25, 0.3) is 0 Å². The highest BCUT2D eigenvalue weighted by Gasteiger charge is 2.22. The minimum atomic E-state index is 0.630. The molecule has 0 heterocycles. The summed E-state index contributed by atoms with van der Waals surface area (Å²) in [5.74, 6) is 2.25. The van der Waals surface area contributed by atoms with Crippen molar-refractivity contribution in [2.75, 3.05) is 7.11 Å². The van der Waals surface area contributed by atoms with Gasteiger partial charge in [-0.15, -0.1) is 0 Å². The molecule has 0 radical (unpaired) electrons. The van der Waals surface area contributed by atoms with Crippen LogP contribution in [0.15, 0.2) is 18.2 Å². The summed E-state index contributed by atoms with van der Waals surface area (Å²) in [6.45, 7) is 2.27. The standard InChI is InChI=1S/C19H27NO/c1-3-4-5-6-15-7-9-16(10-8-15)17-11-12-19(21-2)18(13-17)14-20/h11-13,15-16H,3-10H2,1-2H3. The fourth-order valence-electron chi connectivity index (χ4n) is 3.53. The lowest BCUT2D eigenvalue weighted by Gasteiger charge is -2.29. The molecule has 2 rings (SSSR count). The maximum atomic E-state index is 9.20. The molecule has 1 aromatic carbocycles. The number of hydrogen-bond donors (Lipinski definition) is 0. The summed E-state index contributed by atoms with van der Waals surface area (Å²) in [6.07, 6.45) is 10.7. The van der Waals surface area contributed by atoms with Crippen molar-refractivity contribution in [2.24, 2.45) is 5.92 Å². The summed E-state index contributed by atoms with van der Waals surface area (Å²) in [7, 11) is 1.62. The number of ether oxygens (including phenoxy) is 1. The molecule has 1 saturated carbocycles. The fraction of sp³-hybridized carbons (Fsp3) is 0.632. The molecule has 0 saturated heterocycles. The van der Waals surface area contributed by atoms with E-state index in [0.717, 1.165) is 5.92 Å². The van der Waals surface area contributed by atoms with E-state index in [1.165, 1.54) is 56.9 Å². The molecule has 0 aromatic heterocycles. The molecular weight excluding hydrogens is 258 g/mol. The quantitative estimate of drug-likeness (QED) is 0.654. The van der Waals surface area contributed by atoms with Crippen LogP contribution in [0.5, 0.6) is 5.75 Å². The Kier molecular flexibility index (Phi) is 6.11. The van der Waals surface area contributed by atoms with Crippen LogP contribution in [-0.2, 0) is 0 Å². The monoisotopic (exact) mass is 285 g/mol. The zero-order chi connectivity index (χ0) is 15.1. The lowest BCUT2D eigenvalue weighted by atomic mass is 9.77. The number of hydrogen-bond acceptors (Lipinski definition) is 2. The van der Waals surface area contributed by atoms with Crippen molar-refractivity contribution < 1.29 is 4.74 Å². The lowest BCUT2D eigenvalue weighted by Crippen LogP contribution is -2.13. The number of nitrogens with zero attached hydrogens (tertiary/aromatic N) is 1. The molecule has 21 heavy (non-hydrogen) atoms. The smallest absolute Gasteiger partial charge is 0.136 e. The maximum Gasteiger partial charge on any atom is 0.136 e. The van der Waals surface area contributed by atoms with Crippen LogP contribution in [0.3, 0.4) is 0 Å². The zero-order valence-electron chi connectivity index (χ0n) is 13.4. The van der Waals surface area contributed by atoms with E-state index < -0.39 is 0 Å². The SMILES string of the molecule is CCCCCC1CCC(c2ccc(OC)c(C#N)c2)CC1. The van der Waals surface area contributed by atoms with Crippen molar-refractivity contribution in [2.45, 2.75) is 64.2 Å². The van der Waals surface area contributed by atoms with Gasteiger partial charge >= 0.3 is 0 Å². The van der Waals surface area contributed by atoms with E-state index in [4.69, 9.17) is 4.74 Å². The van der Waals surface area contributed by atoms with E-state index in [1.807, 2.05) is 12.1 Å². The molecular formula is C19H27NO.